The van der Waals surface area contributed by atoms with Crippen LogP contribution in [0.25, 0.3) is 10.9 Å². The molecular formula is C14H15BrN2O2. The highest BCUT2D eigenvalue weighted by atomic mass is 79.9. The Morgan fingerprint density at radius 1 is 1.37 bits per heavy atom. The number of fused-ring (bicyclic) bond motifs is 1. The fourth-order valence-corrected chi connectivity index (χ4v) is 2.31. The molecule has 4 nitrogen and oxygen atoms in total. The van der Waals surface area contributed by atoms with E-state index < -0.39 is 0 Å². The van der Waals surface area contributed by atoms with Gasteiger partial charge in [0.15, 0.2) is 5.43 Å². The lowest BCUT2D eigenvalue weighted by Gasteiger charge is -2.12. The van der Waals surface area contributed by atoms with Crippen LogP contribution in [0.15, 0.2) is 39.7 Å². The molecule has 0 saturated heterocycles. The van der Waals surface area contributed by atoms with Gasteiger partial charge < -0.3 is 9.88 Å². The summed E-state index contributed by atoms with van der Waals surface area (Å²) in [6.45, 7) is 4.04. The maximum Gasteiger partial charge on any atom is 0.240 e. The molecule has 0 saturated carbocycles. The first kappa shape index (κ1) is 13.8. The van der Waals surface area contributed by atoms with Crippen LogP contribution in [-0.4, -0.2) is 16.5 Å². The maximum atomic E-state index is 11.8. The molecule has 1 amide bonds. The SMILES string of the molecule is CC(C)NC(=O)Cn1ccc(=O)c2cc(Br)ccc21. The molecule has 0 unspecified atom stereocenters. The Labute approximate surface area is 119 Å². The van der Waals surface area contributed by atoms with Gasteiger partial charge in [-0.1, -0.05) is 15.9 Å². The molecule has 1 aromatic heterocycles. The first-order chi connectivity index (χ1) is 8.97. The number of pyridine rings is 1. The summed E-state index contributed by atoms with van der Waals surface area (Å²) in [5.41, 5.74) is 0.714. The van der Waals surface area contributed by atoms with Crippen LogP contribution in [0.4, 0.5) is 0 Å². The first-order valence-corrected chi connectivity index (χ1v) is 6.85. The maximum absolute atomic E-state index is 11.8. The van der Waals surface area contributed by atoms with Gasteiger partial charge in [-0.15, -0.1) is 0 Å². The second-order valence-electron chi connectivity index (χ2n) is 4.69. The summed E-state index contributed by atoms with van der Waals surface area (Å²) < 4.78 is 2.63. The largest absolute Gasteiger partial charge is 0.352 e. The van der Waals surface area contributed by atoms with E-state index in [4.69, 9.17) is 0 Å². The number of nitrogens with one attached hydrogen (secondary N) is 1. The van der Waals surface area contributed by atoms with E-state index in [0.717, 1.165) is 9.99 Å². The van der Waals surface area contributed by atoms with Crippen molar-refractivity contribution in [2.24, 2.45) is 0 Å². The quantitative estimate of drug-likeness (QED) is 0.942. The highest BCUT2D eigenvalue weighted by Crippen LogP contribution is 2.16. The molecule has 0 aliphatic heterocycles. The number of nitrogens with zero attached hydrogens (tertiary/aromatic N) is 1. The van der Waals surface area contributed by atoms with Gasteiger partial charge in [0.25, 0.3) is 0 Å². The van der Waals surface area contributed by atoms with Crippen LogP contribution >= 0.6 is 15.9 Å². The van der Waals surface area contributed by atoms with Crippen LogP contribution in [-0.2, 0) is 11.3 Å². The van der Waals surface area contributed by atoms with Crippen LogP contribution in [0.2, 0.25) is 0 Å². The normalized spacial score (nSPS) is 10.9. The monoisotopic (exact) mass is 322 g/mol. The van der Waals surface area contributed by atoms with Crippen molar-refractivity contribution in [2.75, 3.05) is 0 Å². The van der Waals surface area contributed by atoms with Gasteiger partial charge in [-0.3, -0.25) is 9.59 Å². The Kier molecular flexibility index (Phi) is 4.04. The molecule has 1 aromatic carbocycles. The van der Waals surface area contributed by atoms with Crippen molar-refractivity contribution in [1.29, 1.82) is 0 Å². The van der Waals surface area contributed by atoms with E-state index in [1.54, 1.807) is 16.8 Å². The summed E-state index contributed by atoms with van der Waals surface area (Å²) in [5.74, 6) is -0.0668. The summed E-state index contributed by atoms with van der Waals surface area (Å²) in [5, 5.41) is 3.44. The number of amides is 1. The lowest BCUT2D eigenvalue weighted by molar-refractivity contribution is -0.122. The standard InChI is InChI=1S/C14H15BrN2O2/c1-9(2)16-14(19)8-17-6-5-13(18)11-7-10(15)3-4-12(11)17/h3-7,9H,8H2,1-2H3,(H,16,19). The van der Waals surface area contributed by atoms with Gasteiger partial charge >= 0.3 is 0 Å². The minimum Gasteiger partial charge on any atom is -0.352 e. The van der Waals surface area contributed by atoms with Gasteiger partial charge in [-0.2, -0.15) is 0 Å². The van der Waals surface area contributed by atoms with Crippen molar-refractivity contribution in [1.82, 2.24) is 9.88 Å². The average Bonchev–Trinajstić information content (AvgIpc) is 2.32. The molecule has 2 aromatic rings. The molecule has 19 heavy (non-hydrogen) atoms. The van der Waals surface area contributed by atoms with Crippen molar-refractivity contribution >= 4 is 32.7 Å². The molecule has 0 fully saturated rings. The molecule has 0 bridgehead atoms. The summed E-state index contributed by atoms with van der Waals surface area (Å²) in [4.78, 5) is 23.6. The summed E-state index contributed by atoms with van der Waals surface area (Å²) in [6.07, 6.45) is 1.65. The Morgan fingerprint density at radius 3 is 2.79 bits per heavy atom. The third-order valence-electron chi connectivity index (χ3n) is 2.70. The molecular weight excluding hydrogens is 308 g/mol. The Hall–Kier alpha value is -1.62. The topological polar surface area (TPSA) is 51.1 Å². The zero-order valence-corrected chi connectivity index (χ0v) is 12.4. The lowest BCUT2D eigenvalue weighted by Crippen LogP contribution is -2.33. The fraction of sp³-hybridized carbons (Fsp3) is 0.286. The average molecular weight is 323 g/mol. The molecule has 0 radical (unpaired) electrons. The number of aromatic nitrogens is 1. The number of hydrogen-bond acceptors (Lipinski definition) is 2. The highest BCUT2D eigenvalue weighted by Gasteiger charge is 2.08. The van der Waals surface area contributed by atoms with Gasteiger partial charge in [0, 0.05) is 28.2 Å². The molecule has 1 heterocycles. The summed E-state index contributed by atoms with van der Waals surface area (Å²) >= 11 is 3.35. The van der Waals surface area contributed by atoms with Gasteiger partial charge in [0.1, 0.15) is 6.54 Å². The van der Waals surface area contributed by atoms with E-state index in [0.29, 0.717) is 5.39 Å². The molecule has 2 rings (SSSR count). The second kappa shape index (κ2) is 5.57. The molecule has 0 aliphatic carbocycles. The number of carbonyl (C=O) groups excluding carboxylic acids is 1. The van der Waals surface area contributed by atoms with Crippen molar-refractivity contribution in [2.45, 2.75) is 26.4 Å². The smallest absolute Gasteiger partial charge is 0.240 e. The number of hydrogen-bond donors (Lipinski definition) is 1. The molecule has 1 N–H and O–H groups in total. The molecule has 5 heteroatoms. The minimum atomic E-state index is -0.0668. The Bertz CT molecular complexity index is 677. The molecule has 0 aliphatic rings. The van der Waals surface area contributed by atoms with Crippen LogP contribution in [0.3, 0.4) is 0 Å². The van der Waals surface area contributed by atoms with E-state index >= 15 is 0 Å². The van der Waals surface area contributed by atoms with Crippen LogP contribution < -0.4 is 10.7 Å². The van der Waals surface area contributed by atoms with Crippen LogP contribution in [0.5, 0.6) is 0 Å². The summed E-state index contributed by atoms with van der Waals surface area (Å²) in [6, 6.07) is 7.06. The lowest BCUT2D eigenvalue weighted by atomic mass is 10.2. The van der Waals surface area contributed by atoms with Crippen LogP contribution in [0, 0.1) is 0 Å². The zero-order chi connectivity index (χ0) is 14.0. The Morgan fingerprint density at radius 2 is 2.11 bits per heavy atom. The Balaban J connectivity index is 2.42. The van der Waals surface area contributed by atoms with E-state index in [9.17, 15) is 9.59 Å². The van der Waals surface area contributed by atoms with Gasteiger partial charge in [-0.25, -0.2) is 0 Å². The minimum absolute atomic E-state index is 0.0446. The predicted molar refractivity (Wildman–Crippen MR) is 79.2 cm³/mol. The second-order valence-corrected chi connectivity index (χ2v) is 5.61. The van der Waals surface area contributed by atoms with E-state index in [2.05, 4.69) is 21.2 Å². The third kappa shape index (κ3) is 3.23. The van der Waals surface area contributed by atoms with Gasteiger partial charge in [0.05, 0.1) is 5.52 Å². The molecule has 100 valence electrons. The van der Waals surface area contributed by atoms with Crippen LogP contribution in [0.1, 0.15) is 13.8 Å². The zero-order valence-electron chi connectivity index (χ0n) is 10.8. The summed E-state index contributed by atoms with van der Waals surface area (Å²) in [7, 11) is 0. The number of benzene rings is 1. The fourth-order valence-electron chi connectivity index (χ4n) is 1.94. The van der Waals surface area contributed by atoms with E-state index in [1.165, 1.54) is 6.07 Å². The van der Waals surface area contributed by atoms with E-state index in [1.807, 2.05) is 26.0 Å². The molecule has 0 atom stereocenters. The van der Waals surface area contributed by atoms with E-state index in [-0.39, 0.29) is 23.9 Å². The number of rotatable bonds is 3. The highest BCUT2D eigenvalue weighted by molar-refractivity contribution is 9.10. The van der Waals surface area contributed by atoms with Crippen molar-refractivity contribution in [3.8, 4) is 0 Å². The van der Waals surface area contributed by atoms with Crippen molar-refractivity contribution < 1.29 is 4.79 Å². The number of carbonyl (C=O) groups is 1. The molecule has 0 spiro atoms. The number of halogens is 1. The van der Waals surface area contributed by atoms with Crippen molar-refractivity contribution in [3.05, 3.63) is 45.2 Å². The van der Waals surface area contributed by atoms with Gasteiger partial charge in [0.2, 0.25) is 5.91 Å². The third-order valence-corrected chi connectivity index (χ3v) is 3.20. The van der Waals surface area contributed by atoms with Crippen molar-refractivity contribution in [3.63, 3.8) is 0 Å². The van der Waals surface area contributed by atoms with Gasteiger partial charge in [-0.05, 0) is 32.0 Å². The first-order valence-electron chi connectivity index (χ1n) is 6.05. The predicted octanol–water partition coefficient (Wildman–Crippen LogP) is 2.29.